The lowest BCUT2D eigenvalue weighted by Crippen LogP contribution is -2.51. The number of rotatable bonds is 5. The molecule has 1 amide bonds. The van der Waals surface area contributed by atoms with Gasteiger partial charge in [0.15, 0.2) is 0 Å². The van der Waals surface area contributed by atoms with Crippen molar-refractivity contribution >= 4 is 15.9 Å². The second-order valence-electron chi connectivity index (χ2n) is 6.12. The van der Waals surface area contributed by atoms with E-state index < -0.39 is 22.2 Å². The number of carbonyl (C=O) groups is 1. The molecule has 2 atom stereocenters. The number of aromatic nitrogens is 1. The summed E-state index contributed by atoms with van der Waals surface area (Å²) >= 11 is 0. The average molecular weight is 387 g/mol. The van der Waals surface area contributed by atoms with Crippen LogP contribution in [0.25, 0.3) is 0 Å². The Morgan fingerprint density at radius 1 is 1.42 bits per heavy atom. The third-order valence-corrected chi connectivity index (χ3v) is 6.33. The maximum Gasteiger partial charge on any atom is 0.249 e. The molecule has 0 N–H and O–H groups in total. The smallest absolute Gasteiger partial charge is 0.249 e. The van der Waals surface area contributed by atoms with Crippen LogP contribution in [0.1, 0.15) is 13.3 Å². The van der Waals surface area contributed by atoms with Gasteiger partial charge in [-0.15, -0.1) is 0 Å². The van der Waals surface area contributed by atoms with Crippen molar-refractivity contribution < 1.29 is 27.1 Å². The second kappa shape index (κ2) is 7.85. The zero-order chi connectivity index (χ0) is 18.7. The average Bonchev–Trinajstić information content (AvgIpc) is 3.05. The van der Waals surface area contributed by atoms with Crippen molar-refractivity contribution in [2.24, 2.45) is 0 Å². The third kappa shape index (κ3) is 3.67. The standard InChI is InChI=1S/C16H22FN3O5S/c1-2-25-14-3-4-18-10-15(14)26(22,23)20-11-12(17)9-13(20)16(21)19-5-7-24-8-6-19/h3-4,10,12-13H,2,5-9,11H2,1H3/t12-,13+/m1/s1. The van der Waals surface area contributed by atoms with E-state index in [1.165, 1.54) is 23.4 Å². The Hall–Kier alpha value is -1.78. The summed E-state index contributed by atoms with van der Waals surface area (Å²) in [6.07, 6.45) is 1.04. The molecular weight excluding hydrogens is 365 g/mol. The number of halogens is 1. The number of amides is 1. The van der Waals surface area contributed by atoms with Crippen LogP contribution in [0.5, 0.6) is 5.75 Å². The van der Waals surface area contributed by atoms with Gasteiger partial charge in [0, 0.05) is 32.3 Å². The Labute approximate surface area is 151 Å². The first-order valence-electron chi connectivity index (χ1n) is 8.54. The Morgan fingerprint density at radius 2 is 2.15 bits per heavy atom. The molecule has 0 aliphatic carbocycles. The summed E-state index contributed by atoms with van der Waals surface area (Å²) in [5.74, 6) is -0.249. The highest BCUT2D eigenvalue weighted by Gasteiger charge is 2.46. The zero-order valence-corrected chi connectivity index (χ0v) is 15.3. The number of alkyl halides is 1. The van der Waals surface area contributed by atoms with E-state index >= 15 is 0 Å². The van der Waals surface area contributed by atoms with Crippen LogP contribution in [0.4, 0.5) is 4.39 Å². The van der Waals surface area contributed by atoms with Crippen LogP contribution in [0.15, 0.2) is 23.4 Å². The van der Waals surface area contributed by atoms with Gasteiger partial charge >= 0.3 is 0 Å². The molecule has 26 heavy (non-hydrogen) atoms. The van der Waals surface area contributed by atoms with Crippen molar-refractivity contribution in [2.75, 3.05) is 39.5 Å². The minimum atomic E-state index is -4.13. The van der Waals surface area contributed by atoms with E-state index in [4.69, 9.17) is 9.47 Å². The molecule has 10 heteroatoms. The number of nitrogens with zero attached hydrogens (tertiary/aromatic N) is 3. The first-order chi connectivity index (χ1) is 12.4. The Balaban J connectivity index is 1.91. The van der Waals surface area contributed by atoms with Crippen molar-refractivity contribution in [3.63, 3.8) is 0 Å². The van der Waals surface area contributed by atoms with E-state index in [1.807, 2.05) is 0 Å². The first-order valence-corrected chi connectivity index (χ1v) is 9.98. The van der Waals surface area contributed by atoms with Crippen LogP contribution in [-0.2, 0) is 19.6 Å². The van der Waals surface area contributed by atoms with Crippen molar-refractivity contribution in [1.82, 2.24) is 14.2 Å². The van der Waals surface area contributed by atoms with Gasteiger partial charge in [0.25, 0.3) is 0 Å². The quantitative estimate of drug-likeness (QED) is 0.728. The lowest BCUT2D eigenvalue weighted by molar-refractivity contribution is -0.138. The van der Waals surface area contributed by atoms with Crippen LogP contribution in [0.3, 0.4) is 0 Å². The summed E-state index contributed by atoms with van der Waals surface area (Å²) < 4.78 is 51.9. The lowest BCUT2D eigenvalue weighted by atomic mass is 10.2. The summed E-state index contributed by atoms with van der Waals surface area (Å²) in [6, 6.07) is 0.376. The predicted octanol–water partition coefficient (Wildman–Crippen LogP) is 0.440. The van der Waals surface area contributed by atoms with Crippen LogP contribution in [-0.4, -0.2) is 80.2 Å². The highest BCUT2D eigenvalue weighted by molar-refractivity contribution is 7.89. The summed E-state index contributed by atoms with van der Waals surface area (Å²) in [5.41, 5.74) is 0. The van der Waals surface area contributed by atoms with E-state index in [2.05, 4.69) is 4.98 Å². The van der Waals surface area contributed by atoms with Crippen molar-refractivity contribution in [1.29, 1.82) is 0 Å². The van der Waals surface area contributed by atoms with Gasteiger partial charge in [-0.1, -0.05) is 0 Å². The van der Waals surface area contributed by atoms with Gasteiger partial charge in [-0.2, -0.15) is 4.31 Å². The molecule has 0 aromatic carbocycles. The Bertz CT molecular complexity index is 754. The summed E-state index contributed by atoms with van der Waals surface area (Å²) in [6.45, 7) is 3.17. The molecule has 8 nitrogen and oxygen atoms in total. The molecule has 2 fully saturated rings. The van der Waals surface area contributed by atoms with Gasteiger partial charge in [-0.3, -0.25) is 9.78 Å². The Morgan fingerprint density at radius 3 is 2.85 bits per heavy atom. The topological polar surface area (TPSA) is 89.0 Å². The molecule has 1 aromatic heterocycles. The van der Waals surface area contributed by atoms with Crippen molar-refractivity contribution in [2.45, 2.75) is 30.5 Å². The fourth-order valence-corrected chi connectivity index (χ4v) is 4.90. The van der Waals surface area contributed by atoms with Gasteiger partial charge in [0.1, 0.15) is 22.9 Å². The van der Waals surface area contributed by atoms with E-state index in [0.29, 0.717) is 26.3 Å². The molecule has 0 unspecified atom stereocenters. The molecule has 144 valence electrons. The van der Waals surface area contributed by atoms with Crippen molar-refractivity contribution in [3.05, 3.63) is 18.5 Å². The molecule has 0 bridgehead atoms. The molecule has 2 aliphatic heterocycles. The fraction of sp³-hybridized carbons (Fsp3) is 0.625. The van der Waals surface area contributed by atoms with Crippen LogP contribution >= 0.6 is 0 Å². The summed E-state index contributed by atoms with van der Waals surface area (Å²) in [7, 11) is -4.13. The molecule has 2 aliphatic rings. The largest absolute Gasteiger partial charge is 0.492 e. The number of morpholine rings is 1. The maximum atomic E-state index is 14.1. The minimum Gasteiger partial charge on any atom is -0.492 e. The van der Waals surface area contributed by atoms with E-state index in [0.717, 1.165) is 4.31 Å². The second-order valence-corrected chi connectivity index (χ2v) is 7.98. The fourth-order valence-electron chi connectivity index (χ4n) is 3.20. The number of hydrogen-bond acceptors (Lipinski definition) is 6. The third-order valence-electron chi connectivity index (χ3n) is 4.45. The molecule has 0 saturated carbocycles. The summed E-state index contributed by atoms with van der Waals surface area (Å²) in [5, 5.41) is 0. The molecule has 0 radical (unpaired) electrons. The normalized spacial score (nSPS) is 24.6. The molecule has 2 saturated heterocycles. The highest BCUT2D eigenvalue weighted by Crippen LogP contribution is 2.32. The minimum absolute atomic E-state index is 0.141. The lowest BCUT2D eigenvalue weighted by Gasteiger charge is -2.32. The van der Waals surface area contributed by atoms with E-state index in [9.17, 15) is 17.6 Å². The van der Waals surface area contributed by atoms with Gasteiger partial charge in [-0.25, -0.2) is 12.8 Å². The Kier molecular flexibility index (Phi) is 5.73. The van der Waals surface area contributed by atoms with Crippen LogP contribution in [0.2, 0.25) is 0 Å². The molecular formula is C16H22FN3O5S. The van der Waals surface area contributed by atoms with Gasteiger partial charge < -0.3 is 14.4 Å². The van der Waals surface area contributed by atoms with E-state index in [-0.39, 0.29) is 36.1 Å². The van der Waals surface area contributed by atoms with Gasteiger partial charge in [0.2, 0.25) is 15.9 Å². The zero-order valence-electron chi connectivity index (χ0n) is 14.5. The molecule has 0 spiro atoms. The monoisotopic (exact) mass is 387 g/mol. The SMILES string of the molecule is CCOc1ccncc1S(=O)(=O)N1C[C@H](F)C[C@H]1C(=O)N1CCOCC1. The number of ether oxygens (including phenoxy) is 2. The van der Waals surface area contributed by atoms with Crippen LogP contribution < -0.4 is 4.74 Å². The molecule has 3 heterocycles. The predicted molar refractivity (Wildman–Crippen MR) is 90.0 cm³/mol. The molecule has 1 aromatic rings. The van der Waals surface area contributed by atoms with Crippen LogP contribution in [0, 0.1) is 0 Å². The number of carbonyl (C=O) groups excluding carboxylic acids is 1. The number of sulfonamides is 1. The number of pyridine rings is 1. The number of hydrogen-bond donors (Lipinski definition) is 0. The van der Waals surface area contributed by atoms with Crippen molar-refractivity contribution in [3.8, 4) is 5.75 Å². The first kappa shape index (κ1) is 19.0. The summed E-state index contributed by atoms with van der Waals surface area (Å²) in [4.78, 5) is 18.0. The van der Waals surface area contributed by atoms with E-state index in [1.54, 1.807) is 6.92 Å². The maximum absolute atomic E-state index is 14.1. The van der Waals surface area contributed by atoms with Gasteiger partial charge in [-0.05, 0) is 13.0 Å². The highest BCUT2D eigenvalue weighted by atomic mass is 32.2. The van der Waals surface area contributed by atoms with Gasteiger partial charge in [0.05, 0.1) is 26.0 Å². The molecule has 3 rings (SSSR count).